The summed E-state index contributed by atoms with van der Waals surface area (Å²) < 4.78 is 0. The number of nitrogen functional groups attached to an aromatic ring is 1. The first-order valence-corrected chi connectivity index (χ1v) is 6.28. The molecule has 6 heteroatoms. The van der Waals surface area contributed by atoms with Gasteiger partial charge in [0.15, 0.2) is 0 Å². The molecule has 1 aliphatic carbocycles. The van der Waals surface area contributed by atoms with Crippen molar-refractivity contribution in [3.63, 3.8) is 0 Å². The molecule has 0 saturated carbocycles. The Kier molecular flexibility index (Phi) is 2.66. The fraction of sp³-hybridized carbons (Fsp3) is 0.0769. The molecule has 0 amide bonds. The van der Waals surface area contributed by atoms with Crippen LogP contribution in [0.4, 0.5) is 11.4 Å². The maximum Gasteiger partial charge on any atom is 0.269 e. The topological polar surface area (TPSA) is 69.2 Å². The van der Waals surface area contributed by atoms with Gasteiger partial charge in [-0.25, -0.2) is 0 Å². The van der Waals surface area contributed by atoms with Gasteiger partial charge < -0.3 is 5.73 Å². The molecular formula is C13H8Cl2N2O2. The lowest BCUT2D eigenvalue weighted by Gasteiger charge is -2.07. The van der Waals surface area contributed by atoms with Crippen LogP contribution in [-0.4, -0.2) is 4.92 Å². The van der Waals surface area contributed by atoms with E-state index in [2.05, 4.69) is 0 Å². The summed E-state index contributed by atoms with van der Waals surface area (Å²) in [5.41, 5.74) is 9.78. The lowest BCUT2D eigenvalue weighted by atomic mass is 10.1. The first-order valence-electron chi connectivity index (χ1n) is 5.53. The maximum absolute atomic E-state index is 10.8. The number of nitro groups is 1. The number of anilines is 1. The minimum absolute atomic E-state index is 0.0711. The summed E-state index contributed by atoms with van der Waals surface area (Å²) in [4.78, 5) is 10.4. The van der Waals surface area contributed by atoms with E-state index >= 15 is 0 Å². The molecule has 0 bridgehead atoms. The molecule has 2 N–H and O–H groups in total. The highest BCUT2D eigenvalue weighted by molar-refractivity contribution is 6.40. The lowest BCUT2D eigenvalue weighted by molar-refractivity contribution is -0.384. The molecule has 19 heavy (non-hydrogen) atoms. The third kappa shape index (κ3) is 1.76. The van der Waals surface area contributed by atoms with Crippen LogP contribution in [0.3, 0.4) is 0 Å². The summed E-state index contributed by atoms with van der Waals surface area (Å²) in [6.45, 7) is 0. The van der Waals surface area contributed by atoms with Crippen LogP contribution < -0.4 is 5.73 Å². The van der Waals surface area contributed by atoms with Crippen LogP contribution in [-0.2, 0) is 6.42 Å². The minimum atomic E-state index is -0.411. The van der Waals surface area contributed by atoms with Crippen molar-refractivity contribution in [2.45, 2.75) is 6.42 Å². The summed E-state index contributed by atoms with van der Waals surface area (Å²) in [5.74, 6) is 0. The molecule has 0 heterocycles. The molecule has 0 saturated heterocycles. The summed E-state index contributed by atoms with van der Waals surface area (Å²) >= 11 is 12.2. The second-order valence-corrected chi connectivity index (χ2v) is 5.17. The quantitative estimate of drug-likeness (QED) is 0.418. The number of rotatable bonds is 1. The van der Waals surface area contributed by atoms with Crippen LogP contribution in [0.15, 0.2) is 24.3 Å². The molecule has 0 atom stereocenters. The van der Waals surface area contributed by atoms with Gasteiger partial charge in [0.2, 0.25) is 0 Å². The van der Waals surface area contributed by atoms with E-state index in [1.54, 1.807) is 18.2 Å². The predicted molar refractivity (Wildman–Crippen MR) is 75.8 cm³/mol. The van der Waals surface area contributed by atoms with Gasteiger partial charge in [0, 0.05) is 18.6 Å². The number of non-ortho nitro benzene ring substituents is 1. The fourth-order valence-electron chi connectivity index (χ4n) is 2.38. The number of hydrogen-bond donors (Lipinski definition) is 1. The number of benzene rings is 2. The van der Waals surface area contributed by atoms with Gasteiger partial charge in [0.1, 0.15) is 0 Å². The number of nitrogens with zero attached hydrogens (tertiary/aromatic N) is 1. The number of hydrogen-bond acceptors (Lipinski definition) is 3. The highest BCUT2D eigenvalue weighted by Crippen LogP contribution is 2.45. The zero-order valence-electron chi connectivity index (χ0n) is 9.61. The van der Waals surface area contributed by atoms with Gasteiger partial charge in [-0.2, -0.15) is 0 Å². The van der Waals surface area contributed by atoms with E-state index in [1.165, 1.54) is 6.07 Å². The van der Waals surface area contributed by atoms with Gasteiger partial charge in [-0.3, -0.25) is 10.1 Å². The SMILES string of the molecule is Nc1c(Cl)cc2c(c1Cl)Cc1cc([N+](=O)[O-])ccc1-2. The molecule has 3 rings (SSSR count). The molecule has 2 aromatic carbocycles. The number of nitrogens with two attached hydrogens (primary N) is 1. The average molecular weight is 295 g/mol. The summed E-state index contributed by atoms with van der Waals surface area (Å²) in [6, 6.07) is 6.53. The van der Waals surface area contributed by atoms with E-state index in [0.717, 1.165) is 22.3 Å². The Morgan fingerprint density at radius 1 is 1.21 bits per heavy atom. The Balaban J connectivity index is 2.22. The maximum atomic E-state index is 10.8. The molecule has 0 radical (unpaired) electrons. The smallest absolute Gasteiger partial charge is 0.269 e. The van der Waals surface area contributed by atoms with Crippen molar-refractivity contribution in [1.29, 1.82) is 0 Å². The van der Waals surface area contributed by atoms with Crippen LogP contribution in [0.25, 0.3) is 11.1 Å². The summed E-state index contributed by atoms with van der Waals surface area (Å²) in [6.07, 6.45) is 0.534. The van der Waals surface area contributed by atoms with E-state index in [9.17, 15) is 10.1 Å². The van der Waals surface area contributed by atoms with E-state index < -0.39 is 4.92 Å². The number of nitro benzene ring substituents is 1. The van der Waals surface area contributed by atoms with Gasteiger partial charge in [0.25, 0.3) is 5.69 Å². The van der Waals surface area contributed by atoms with E-state index in [0.29, 0.717) is 22.2 Å². The average Bonchev–Trinajstić information content (AvgIpc) is 2.74. The third-order valence-electron chi connectivity index (χ3n) is 3.31. The van der Waals surface area contributed by atoms with Crippen molar-refractivity contribution >= 4 is 34.6 Å². The normalized spacial score (nSPS) is 12.1. The Morgan fingerprint density at radius 2 is 1.95 bits per heavy atom. The molecule has 2 aromatic rings. The summed E-state index contributed by atoms with van der Waals surface area (Å²) in [7, 11) is 0. The standard InChI is InChI=1S/C13H8Cl2N2O2/c14-11-5-9-8-2-1-7(17(18)19)3-6(8)4-10(9)12(15)13(11)16/h1-3,5H,4,16H2. The zero-order chi connectivity index (χ0) is 13.7. The van der Waals surface area contributed by atoms with Gasteiger partial charge >= 0.3 is 0 Å². The van der Waals surface area contributed by atoms with Crippen molar-refractivity contribution in [2.75, 3.05) is 5.73 Å². The van der Waals surface area contributed by atoms with Crippen LogP contribution in [0.1, 0.15) is 11.1 Å². The van der Waals surface area contributed by atoms with Crippen molar-refractivity contribution in [3.05, 3.63) is 55.6 Å². The second-order valence-electron chi connectivity index (χ2n) is 4.39. The molecule has 0 aliphatic heterocycles. The first-order chi connectivity index (χ1) is 8.99. The Morgan fingerprint density at radius 3 is 2.63 bits per heavy atom. The molecule has 96 valence electrons. The number of halogens is 2. The van der Waals surface area contributed by atoms with Crippen molar-refractivity contribution in [1.82, 2.24) is 0 Å². The molecule has 0 unspecified atom stereocenters. The first kappa shape index (κ1) is 12.3. The minimum Gasteiger partial charge on any atom is -0.396 e. The van der Waals surface area contributed by atoms with Gasteiger partial charge in [-0.15, -0.1) is 0 Å². The fourth-order valence-corrected chi connectivity index (χ4v) is 2.91. The molecule has 0 spiro atoms. The summed E-state index contributed by atoms with van der Waals surface area (Å²) in [5, 5.41) is 11.6. The van der Waals surface area contributed by atoms with E-state index in [-0.39, 0.29) is 5.69 Å². The molecule has 0 fully saturated rings. The van der Waals surface area contributed by atoms with Crippen LogP contribution >= 0.6 is 23.2 Å². The second kappa shape index (κ2) is 4.11. The monoisotopic (exact) mass is 294 g/mol. The van der Waals surface area contributed by atoms with Crippen LogP contribution in [0, 0.1) is 10.1 Å². The van der Waals surface area contributed by atoms with Gasteiger partial charge in [-0.1, -0.05) is 23.2 Å². The molecule has 1 aliphatic rings. The zero-order valence-corrected chi connectivity index (χ0v) is 11.1. The largest absolute Gasteiger partial charge is 0.396 e. The molecular weight excluding hydrogens is 287 g/mol. The van der Waals surface area contributed by atoms with E-state index in [1.807, 2.05) is 0 Å². The Bertz CT molecular complexity index is 729. The van der Waals surface area contributed by atoms with Crippen LogP contribution in [0.5, 0.6) is 0 Å². The Hall–Kier alpha value is -1.78. The van der Waals surface area contributed by atoms with Crippen molar-refractivity contribution < 1.29 is 4.92 Å². The molecule has 4 nitrogen and oxygen atoms in total. The van der Waals surface area contributed by atoms with Gasteiger partial charge in [0.05, 0.1) is 20.7 Å². The highest BCUT2D eigenvalue weighted by Gasteiger charge is 2.25. The number of fused-ring (bicyclic) bond motifs is 3. The lowest BCUT2D eigenvalue weighted by Crippen LogP contribution is -1.92. The highest BCUT2D eigenvalue weighted by atomic mass is 35.5. The molecule has 0 aromatic heterocycles. The Labute approximate surface area is 118 Å². The van der Waals surface area contributed by atoms with E-state index in [4.69, 9.17) is 28.9 Å². The van der Waals surface area contributed by atoms with Gasteiger partial charge in [-0.05, 0) is 34.4 Å². The van der Waals surface area contributed by atoms with Crippen LogP contribution in [0.2, 0.25) is 10.0 Å². The van der Waals surface area contributed by atoms with Crippen molar-refractivity contribution in [2.24, 2.45) is 0 Å². The predicted octanol–water partition coefficient (Wildman–Crippen LogP) is 4.06. The van der Waals surface area contributed by atoms with Crippen molar-refractivity contribution in [3.8, 4) is 11.1 Å². The third-order valence-corrected chi connectivity index (χ3v) is 4.06.